The van der Waals surface area contributed by atoms with Crippen LogP contribution in [0.25, 0.3) is 11.1 Å². The molecule has 2 aromatic rings. The molecular weight excluding hydrogens is 474 g/mol. The van der Waals surface area contributed by atoms with Crippen molar-refractivity contribution in [1.29, 1.82) is 0 Å². The third-order valence-corrected chi connectivity index (χ3v) is 7.08. The number of aryl methyl sites for hydroxylation is 1. The van der Waals surface area contributed by atoms with Gasteiger partial charge in [-0.1, -0.05) is 18.9 Å². The smallest absolute Gasteiger partial charge is 0.239 e. The van der Waals surface area contributed by atoms with Crippen LogP contribution in [0.5, 0.6) is 17.2 Å². The predicted molar refractivity (Wildman–Crippen MR) is 142 cm³/mol. The summed E-state index contributed by atoms with van der Waals surface area (Å²) in [6.07, 6.45) is 5.43. The SMILES string of the molecule is COc1cc2c(c(OC)c1OC)-c1ccc(NCC(=O)NC3CCCC3)c(=O)cc1[C@@H](NC(C)=O)CC2. The van der Waals surface area contributed by atoms with Crippen LogP contribution >= 0.6 is 0 Å². The van der Waals surface area contributed by atoms with Crippen LogP contribution in [-0.2, 0) is 16.0 Å². The van der Waals surface area contributed by atoms with Crippen LogP contribution in [-0.4, -0.2) is 45.7 Å². The first-order chi connectivity index (χ1) is 17.9. The molecule has 1 atom stereocenters. The van der Waals surface area contributed by atoms with Crippen molar-refractivity contribution in [1.82, 2.24) is 10.6 Å². The molecule has 4 rings (SSSR count). The van der Waals surface area contributed by atoms with Gasteiger partial charge in [0.2, 0.25) is 23.0 Å². The van der Waals surface area contributed by atoms with Crippen LogP contribution in [0.15, 0.2) is 29.1 Å². The second kappa shape index (κ2) is 11.5. The van der Waals surface area contributed by atoms with Crippen LogP contribution < -0.4 is 35.6 Å². The third-order valence-electron chi connectivity index (χ3n) is 7.08. The van der Waals surface area contributed by atoms with Crippen LogP contribution in [0.2, 0.25) is 0 Å². The van der Waals surface area contributed by atoms with Gasteiger partial charge in [0.1, 0.15) is 0 Å². The third kappa shape index (κ3) is 5.65. The van der Waals surface area contributed by atoms with Crippen molar-refractivity contribution in [3.63, 3.8) is 0 Å². The minimum Gasteiger partial charge on any atom is -0.493 e. The lowest BCUT2D eigenvalue weighted by molar-refractivity contribution is -0.120. The van der Waals surface area contributed by atoms with Gasteiger partial charge in [0, 0.05) is 18.5 Å². The molecule has 9 heteroatoms. The number of hydrogen-bond donors (Lipinski definition) is 3. The molecule has 2 aliphatic rings. The zero-order valence-corrected chi connectivity index (χ0v) is 21.9. The van der Waals surface area contributed by atoms with Crippen LogP contribution in [0.1, 0.15) is 56.2 Å². The van der Waals surface area contributed by atoms with E-state index in [9.17, 15) is 14.4 Å². The Balaban J connectivity index is 1.79. The fourth-order valence-electron chi connectivity index (χ4n) is 5.38. The Bertz CT molecular complexity index is 1240. The lowest BCUT2D eigenvalue weighted by atomic mass is 9.95. The predicted octanol–water partition coefficient (Wildman–Crippen LogP) is 3.33. The highest BCUT2D eigenvalue weighted by molar-refractivity contribution is 5.84. The molecule has 2 amide bonds. The van der Waals surface area contributed by atoms with Gasteiger partial charge in [0.05, 0.1) is 39.6 Å². The Kier molecular flexibility index (Phi) is 8.21. The van der Waals surface area contributed by atoms with Gasteiger partial charge in [0.15, 0.2) is 11.5 Å². The Morgan fingerprint density at radius 3 is 2.32 bits per heavy atom. The van der Waals surface area contributed by atoms with Crippen molar-refractivity contribution in [2.45, 2.75) is 57.5 Å². The Hall–Kier alpha value is -3.75. The first-order valence-corrected chi connectivity index (χ1v) is 12.7. The van der Waals surface area contributed by atoms with E-state index in [-0.39, 0.29) is 35.9 Å². The summed E-state index contributed by atoms with van der Waals surface area (Å²) < 4.78 is 17.0. The number of methoxy groups -OCH3 is 3. The fraction of sp³-hybridized carbons (Fsp3) is 0.464. The largest absolute Gasteiger partial charge is 0.493 e. The molecule has 9 nitrogen and oxygen atoms in total. The van der Waals surface area contributed by atoms with E-state index in [1.165, 1.54) is 6.92 Å². The first kappa shape index (κ1) is 26.3. The van der Waals surface area contributed by atoms with Crippen LogP contribution in [0.4, 0.5) is 5.69 Å². The number of anilines is 1. The Morgan fingerprint density at radius 1 is 0.946 bits per heavy atom. The number of carbonyl (C=O) groups excluding carboxylic acids is 2. The molecule has 0 bridgehead atoms. The van der Waals surface area contributed by atoms with Crippen LogP contribution in [0.3, 0.4) is 0 Å². The maximum absolute atomic E-state index is 13.3. The van der Waals surface area contributed by atoms with Crippen molar-refractivity contribution in [2.24, 2.45) is 0 Å². The van der Waals surface area contributed by atoms with Crippen molar-refractivity contribution in [3.05, 3.63) is 45.6 Å². The summed E-state index contributed by atoms with van der Waals surface area (Å²) >= 11 is 0. The molecule has 37 heavy (non-hydrogen) atoms. The van der Waals surface area contributed by atoms with Gasteiger partial charge in [-0.15, -0.1) is 0 Å². The maximum Gasteiger partial charge on any atom is 0.239 e. The van der Waals surface area contributed by atoms with E-state index in [0.717, 1.165) is 42.4 Å². The summed E-state index contributed by atoms with van der Waals surface area (Å²) in [5.41, 5.74) is 3.18. The van der Waals surface area contributed by atoms with Gasteiger partial charge in [0.25, 0.3) is 0 Å². The highest BCUT2D eigenvalue weighted by atomic mass is 16.5. The lowest BCUT2D eigenvalue weighted by Crippen LogP contribution is -2.37. The topological polar surface area (TPSA) is 115 Å². The minimum atomic E-state index is -0.389. The monoisotopic (exact) mass is 509 g/mol. The van der Waals surface area contributed by atoms with E-state index in [0.29, 0.717) is 41.3 Å². The van der Waals surface area contributed by atoms with E-state index in [4.69, 9.17) is 14.2 Å². The maximum atomic E-state index is 13.3. The van der Waals surface area contributed by atoms with E-state index >= 15 is 0 Å². The average Bonchev–Trinajstić information content (AvgIpc) is 3.27. The molecule has 0 aliphatic heterocycles. The van der Waals surface area contributed by atoms with Crippen molar-refractivity contribution < 1.29 is 23.8 Å². The van der Waals surface area contributed by atoms with Gasteiger partial charge >= 0.3 is 0 Å². The number of rotatable bonds is 8. The number of nitrogens with one attached hydrogen (secondary N) is 3. The molecule has 2 aromatic carbocycles. The van der Waals surface area contributed by atoms with E-state index in [1.54, 1.807) is 33.5 Å². The number of hydrogen-bond acceptors (Lipinski definition) is 7. The van der Waals surface area contributed by atoms with Crippen molar-refractivity contribution in [3.8, 4) is 28.4 Å². The first-order valence-electron chi connectivity index (χ1n) is 12.7. The van der Waals surface area contributed by atoms with Gasteiger partial charge in [-0.05, 0) is 60.6 Å². The van der Waals surface area contributed by atoms with Gasteiger partial charge in [-0.2, -0.15) is 0 Å². The van der Waals surface area contributed by atoms with E-state index in [1.807, 2.05) is 12.1 Å². The molecule has 0 unspecified atom stereocenters. The van der Waals surface area contributed by atoms with Crippen molar-refractivity contribution in [2.75, 3.05) is 33.2 Å². The normalized spacial score (nSPS) is 16.6. The average molecular weight is 510 g/mol. The number of amides is 2. The highest BCUT2D eigenvalue weighted by Gasteiger charge is 2.29. The zero-order chi connectivity index (χ0) is 26.5. The Morgan fingerprint density at radius 2 is 1.68 bits per heavy atom. The number of ether oxygens (including phenoxy) is 3. The molecule has 0 spiro atoms. The number of benzene rings is 1. The summed E-state index contributed by atoms with van der Waals surface area (Å²) in [5.74, 6) is 1.15. The van der Waals surface area contributed by atoms with Gasteiger partial charge in [-0.25, -0.2) is 0 Å². The zero-order valence-electron chi connectivity index (χ0n) is 21.9. The summed E-state index contributed by atoms with van der Waals surface area (Å²) in [4.78, 5) is 37.8. The number of carbonyl (C=O) groups is 2. The minimum absolute atomic E-state index is 0.000471. The quantitative estimate of drug-likeness (QED) is 0.500. The van der Waals surface area contributed by atoms with Crippen molar-refractivity contribution >= 4 is 17.5 Å². The molecule has 0 heterocycles. The fourth-order valence-corrected chi connectivity index (χ4v) is 5.38. The molecule has 3 N–H and O–H groups in total. The molecule has 0 radical (unpaired) electrons. The Labute approximate surface area is 216 Å². The van der Waals surface area contributed by atoms with Crippen LogP contribution in [0, 0.1) is 0 Å². The summed E-state index contributed by atoms with van der Waals surface area (Å²) in [5, 5.41) is 9.03. The second-order valence-corrected chi connectivity index (χ2v) is 9.50. The molecular formula is C28H35N3O6. The summed E-state index contributed by atoms with van der Waals surface area (Å²) in [7, 11) is 4.67. The summed E-state index contributed by atoms with van der Waals surface area (Å²) in [6.45, 7) is 1.46. The lowest BCUT2D eigenvalue weighted by Gasteiger charge is -2.19. The second-order valence-electron chi connectivity index (χ2n) is 9.50. The molecule has 2 aliphatic carbocycles. The van der Waals surface area contributed by atoms with E-state index < -0.39 is 0 Å². The van der Waals surface area contributed by atoms with Gasteiger partial charge in [-0.3, -0.25) is 14.4 Å². The van der Waals surface area contributed by atoms with Gasteiger partial charge < -0.3 is 30.2 Å². The number of fused-ring (bicyclic) bond motifs is 3. The molecule has 0 aromatic heterocycles. The van der Waals surface area contributed by atoms with E-state index in [2.05, 4.69) is 16.0 Å². The standard InChI is InChI=1S/C28H35N3O6/c1-16(32)30-21-11-9-17-13-24(35-2)27(36-3)28(37-4)26(17)19-10-12-22(23(33)14-20(19)21)29-15-25(34)31-18-7-5-6-8-18/h10,12-14,18,21H,5-9,11,15H2,1-4H3,(H,29,33)(H,30,32)(H,31,34)/t21-/m0/s1. The summed E-state index contributed by atoms with van der Waals surface area (Å²) in [6, 6.07) is 6.78. The molecule has 1 saturated carbocycles. The molecule has 1 fully saturated rings. The molecule has 198 valence electrons. The molecule has 0 saturated heterocycles. The highest BCUT2D eigenvalue weighted by Crippen LogP contribution is 2.50.